The molecule has 5 rings (SSSR count). The minimum absolute atomic E-state index is 0.297. The summed E-state index contributed by atoms with van der Waals surface area (Å²) >= 11 is 1.67. The molecule has 0 aromatic carbocycles. The van der Waals surface area contributed by atoms with Gasteiger partial charge in [-0.3, -0.25) is 0 Å². The zero-order valence-corrected chi connectivity index (χ0v) is 12.0. The highest BCUT2D eigenvalue weighted by Gasteiger charge is 2.53. The number of aromatic nitrogens is 1. The number of nitrogens with zero attached hydrogens (tertiary/aromatic N) is 1. The van der Waals surface area contributed by atoms with Gasteiger partial charge in [0.25, 0.3) is 0 Å². The summed E-state index contributed by atoms with van der Waals surface area (Å²) in [4.78, 5) is 16.2. The van der Waals surface area contributed by atoms with Crippen LogP contribution in [0.1, 0.15) is 54.0 Å². The Bertz CT molecular complexity index is 487. The fraction of sp³-hybridized carbons (Fsp3) is 0.733. The van der Waals surface area contributed by atoms with Crippen molar-refractivity contribution < 1.29 is 9.53 Å². The highest BCUT2D eigenvalue weighted by atomic mass is 32.1. The molecule has 0 atom stereocenters. The Morgan fingerprint density at radius 1 is 1.26 bits per heavy atom. The minimum Gasteiger partial charge on any atom is -0.464 e. The van der Waals surface area contributed by atoms with Crippen molar-refractivity contribution in [3.63, 3.8) is 0 Å². The van der Waals surface area contributed by atoms with E-state index >= 15 is 0 Å². The van der Waals surface area contributed by atoms with Gasteiger partial charge in [0.1, 0.15) is 0 Å². The lowest BCUT2D eigenvalue weighted by Crippen LogP contribution is -2.48. The van der Waals surface area contributed by atoms with Gasteiger partial charge < -0.3 is 4.74 Å². The number of thiazole rings is 1. The van der Waals surface area contributed by atoms with Crippen molar-refractivity contribution in [2.45, 2.75) is 43.9 Å². The van der Waals surface area contributed by atoms with E-state index in [1.54, 1.807) is 11.3 Å². The van der Waals surface area contributed by atoms with Crippen LogP contribution in [0.25, 0.3) is 0 Å². The van der Waals surface area contributed by atoms with Gasteiger partial charge in [-0.05, 0) is 56.3 Å². The number of esters is 1. The zero-order chi connectivity index (χ0) is 13.0. The molecule has 4 fully saturated rings. The van der Waals surface area contributed by atoms with Crippen molar-refractivity contribution >= 4 is 17.3 Å². The molecule has 1 aromatic rings. The van der Waals surface area contributed by atoms with E-state index in [-0.39, 0.29) is 5.97 Å². The molecule has 102 valence electrons. The Kier molecular flexibility index (Phi) is 2.53. The lowest BCUT2D eigenvalue weighted by molar-refractivity contribution is -0.00535. The summed E-state index contributed by atoms with van der Waals surface area (Å²) < 4.78 is 4.77. The maximum Gasteiger partial charge on any atom is 0.357 e. The first-order valence-corrected chi connectivity index (χ1v) is 8.11. The van der Waals surface area contributed by atoms with E-state index in [0.717, 1.165) is 17.8 Å². The SMILES string of the molecule is COC(=O)c1csc(C23CC4CC(CC(C4)C2)C3)n1. The molecule has 0 saturated heterocycles. The fourth-order valence-electron chi connectivity index (χ4n) is 5.09. The van der Waals surface area contributed by atoms with Gasteiger partial charge in [0.15, 0.2) is 5.69 Å². The fourth-order valence-corrected chi connectivity index (χ4v) is 6.11. The second-order valence-corrected chi connectivity index (χ2v) is 7.59. The lowest BCUT2D eigenvalue weighted by Gasteiger charge is -2.56. The summed E-state index contributed by atoms with van der Waals surface area (Å²) in [6.45, 7) is 0. The number of hydrogen-bond acceptors (Lipinski definition) is 4. The Hall–Kier alpha value is -0.900. The maximum atomic E-state index is 11.6. The van der Waals surface area contributed by atoms with E-state index in [1.165, 1.54) is 50.6 Å². The molecular weight excluding hydrogens is 258 g/mol. The number of carbonyl (C=O) groups excluding carboxylic acids is 1. The quantitative estimate of drug-likeness (QED) is 0.778. The zero-order valence-electron chi connectivity index (χ0n) is 11.2. The van der Waals surface area contributed by atoms with Crippen molar-refractivity contribution in [1.82, 2.24) is 4.98 Å². The number of methoxy groups -OCH3 is 1. The van der Waals surface area contributed by atoms with Gasteiger partial charge in [0, 0.05) is 10.8 Å². The van der Waals surface area contributed by atoms with E-state index < -0.39 is 0 Å². The molecular formula is C15H19NO2S. The van der Waals surface area contributed by atoms with Gasteiger partial charge in [0.05, 0.1) is 12.1 Å². The van der Waals surface area contributed by atoms with Crippen molar-refractivity contribution in [2.75, 3.05) is 7.11 Å². The normalized spacial score (nSPS) is 39.5. The first kappa shape index (κ1) is 11.9. The molecule has 1 heterocycles. The average Bonchev–Trinajstić information content (AvgIpc) is 2.86. The molecule has 4 saturated carbocycles. The molecule has 19 heavy (non-hydrogen) atoms. The molecule has 0 radical (unpaired) electrons. The molecule has 0 N–H and O–H groups in total. The van der Waals surface area contributed by atoms with E-state index in [9.17, 15) is 4.79 Å². The Morgan fingerprint density at radius 2 is 1.84 bits per heavy atom. The average molecular weight is 277 g/mol. The smallest absolute Gasteiger partial charge is 0.357 e. The molecule has 4 heteroatoms. The van der Waals surface area contributed by atoms with E-state index in [2.05, 4.69) is 4.98 Å². The Labute approximate surface area is 117 Å². The van der Waals surface area contributed by atoms with Crippen LogP contribution in [0.5, 0.6) is 0 Å². The second kappa shape index (κ2) is 4.05. The predicted octanol–water partition coefficient (Wildman–Crippen LogP) is 3.40. The number of rotatable bonds is 2. The molecule has 1 aromatic heterocycles. The number of hydrogen-bond donors (Lipinski definition) is 0. The van der Waals surface area contributed by atoms with Gasteiger partial charge in [-0.15, -0.1) is 11.3 Å². The molecule has 0 spiro atoms. The van der Waals surface area contributed by atoms with Crippen LogP contribution < -0.4 is 0 Å². The molecule has 4 aliphatic carbocycles. The van der Waals surface area contributed by atoms with Crippen molar-refractivity contribution in [3.8, 4) is 0 Å². The molecule has 4 aliphatic rings. The first-order valence-electron chi connectivity index (χ1n) is 7.23. The second-order valence-electron chi connectivity index (χ2n) is 6.73. The Morgan fingerprint density at radius 3 is 2.37 bits per heavy atom. The van der Waals surface area contributed by atoms with E-state index in [0.29, 0.717) is 11.1 Å². The van der Waals surface area contributed by atoms with Crippen molar-refractivity contribution in [1.29, 1.82) is 0 Å². The molecule has 3 nitrogen and oxygen atoms in total. The summed E-state index contributed by atoms with van der Waals surface area (Å²) in [6.07, 6.45) is 8.21. The monoisotopic (exact) mass is 277 g/mol. The minimum atomic E-state index is -0.299. The third-order valence-corrected chi connectivity index (χ3v) is 6.48. The highest BCUT2D eigenvalue weighted by molar-refractivity contribution is 7.10. The maximum absolute atomic E-state index is 11.6. The van der Waals surface area contributed by atoms with Crippen LogP contribution in [0.2, 0.25) is 0 Å². The molecule has 4 bridgehead atoms. The van der Waals surface area contributed by atoms with Crippen LogP contribution in [-0.2, 0) is 10.2 Å². The summed E-state index contributed by atoms with van der Waals surface area (Å²) in [5.74, 6) is 2.44. The largest absolute Gasteiger partial charge is 0.464 e. The highest BCUT2D eigenvalue weighted by Crippen LogP contribution is 2.61. The van der Waals surface area contributed by atoms with E-state index in [1.807, 2.05) is 5.38 Å². The summed E-state index contributed by atoms with van der Waals surface area (Å²) in [5, 5.41) is 3.08. The van der Waals surface area contributed by atoms with Crippen LogP contribution in [0.15, 0.2) is 5.38 Å². The topological polar surface area (TPSA) is 39.2 Å². The van der Waals surface area contributed by atoms with Gasteiger partial charge >= 0.3 is 5.97 Å². The molecule has 0 aliphatic heterocycles. The van der Waals surface area contributed by atoms with Crippen LogP contribution >= 0.6 is 11.3 Å². The van der Waals surface area contributed by atoms with Gasteiger partial charge in [0.2, 0.25) is 0 Å². The van der Waals surface area contributed by atoms with Gasteiger partial charge in [-0.25, -0.2) is 9.78 Å². The van der Waals surface area contributed by atoms with Crippen molar-refractivity contribution in [2.24, 2.45) is 17.8 Å². The first-order chi connectivity index (χ1) is 9.18. The number of carbonyl (C=O) groups is 1. The van der Waals surface area contributed by atoms with Crippen molar-refractivity contribution in [3.05, 3.63) is 16.1 Å². The standard InChI is InChI=1S/C15H19NO2S/c1-18-13(17)12-8-19-14(16-12)15-5-9-2-10(6-15)4-11(3-9)7-15/h8-11H,2-7H2,1H3. The van der Waals surface area contributed by atoms with Gasteiger partial charge in [-0.2, -0.15) is 0 Å². The summed E-state index contributed by atoms with van der Waals surface area (Å²) in [6, 6.07) is 0. The van der Waals surface area contributed by atoms with Crippen LogP contribution in [0, 0.1) is 17.8 Å². The van der Waals surface area contributed by atoms with Crippen LogP contribution in [-0.4, -0.2) is 18.1 Å². The lowest BCUT2D eigenvalue weighted by atomic mass is 9.50. The summed E-state index contributed by atoms with van der Waals surface area (Å²) in [5.41, 5.74) is 0.796. The van der Waals surface area contributed by atoms with Gasteiger partial charge in [-0.1, -0.05) is 0 Å². The predicted molar refractivity (Wildman–Crippen MR) is 73.3 cm³/mol. The number of ether oxygens (including phenoxy) is 1. The summed E-state index contributed by atoms with van der Waals surface area (Å²) in [7, 11) is 1.42. The van der Waals surface area contributed by atoms with Crippen LogP contribution in [0.3, 0.4) is 0 Å². The van der Waals surface area contributed by atoms with E-state index in [4.69, 9.17) is 4.74 Å². The van der Waals surface area contributed by atoms with Crippen LogP contribution in [0.4, 0.5) is 0 Å². The molecule has 0 amide bonds. The third-order valence-electron chi connectivity index (χ3n) is 5.39. The Balaban J connectivity index is 1.68. The third kappa shape index (κ3) is 1.76. The molecule has 0 unspecified atom stereocenters.